The van der Waals surface area contributed by atoms with Crippen molar-refractivity contribution in [1.82, 2.24) is 35.6 Å². The van der Waals surface area contributed by atoms with E-state index in [9.17, 15) is 19.0 Å². The average Bonchev–Trinajstić information content (AvgIpc) is 3.61. The van der Waals surface area contributed by atoms with Gasteiger partial charge in [-0.2, -0.15) is 0 Å². The molecule has 1 aliphatic heterocycles. The Bertz CT molecular complexity index is 1430. The summed E-state index contributed by atoms with van der Waals surface area (Å²) >= 11 is 19.0. The lowest BCUT2D eigenvalue weighted by Gasteiger charge is -2.43. The summed E-state index contributed by atoms with van der Waals surface area (Å²) in [4.78, 5) is 0.669. The molecule has 2 aromatic heterocycles. The second-order valence-electron chi connectivity index (χ2n) is 8.36. The van der Waals surface area contributed by atoms with Crippen molar-refractivity contribution < 1.29 is 28.5 Å². The van der Waals surface area contributed by atoms with E-state index in [0.717, 1.165) is 12.1 Å². The Hall–Kier alpha value is -2.43. The van der Waals surface area contributed by atoms with Crippen LogP contribution in [-0.4, -0.2) is 76.2 Å². The maximum Gasteiger partial charge on any atom is 0.174 e. The molecule has 0 amide bonds. The summed E-state index contributed by atoms with van der Waals surface area (Å²) in [6.45, 7) is -0.619. The number of thioether (sulfide) groups is 1. The lowest BCUT2D eigenvalue weighted by molar-refractivity contribution is -0.196. The second-order valence-corrected chi connectivity index (χ2v) is 10.7. The van der Waals surface area contributed by atoms with Crippen LogP contribution in [0.15, 0.2) is 41.4 Å². The van der Waals surface area contributed by atoms with Crippen molar-refractivity contribution in [2.45, 2.75) is 41.3 Å². The Balaban J connectivity index is 1.51. The van der Waals surface area contributed by atoms with Crippen LogP contribution in [0.4, 0.5) is 8.78 Å². The van der Waals surface area contributed by atoms with Crippen molar-refractivity contribution in [3.05, 3.63) is 69.1 Å². The van der Waals surface area contributed by atoms with Gasteiger partial charge in [0.15, 0.2) is 5.82 Å². The van der Waals surface area contributed by atoms with Gasteiger partial charge in [-0.15, -0.1) is 10.2 Å². The van der Waals surface area contributed by atoms with Crippen LogP contribution < -0.4 is 0 Å². The highest BCUT2D eigenvalue weighted by Crippen LogP contribution is 2.41. The minimum atomic E-state index is -1.33. The molecule has 1 saturated heterocycles. The monoisotopic (exact) mass is 619 g/mol. The number of nitrogens with zero attached hydrogens (tertiary/aromatic N) is 6. The number of aliphatic hydroxyl groups excluding tert-OH is 2. The molecule has 0 radical (unpaired) electrons. The lowest BCUT2D eigenvalue weighted by atomic mass is 9.97. The van der Waals surface area contributed by atoms with Gasteiger partial charge in [-0.3, -0.25) is 0 Å². The molecule has 0 bridgehead atoms. The van der Waals surface area contributed by atoms with Crippen molar-refractivity contribution in [1.29, 1.82) is 0 Å². The zero-order valence-corrected chi connectivity index (χ0v) is 22.5. The third kappa shape index (κ3) is 6.02. The van der Waals surface area contributed by atoms with Gasteiger partial charge >= 0.3 is 0 Å². The number of rotatable bonds is 8. The molecule has 39 heavy (non-hydrogen) atoms. The van der Waals surface area contributed by atoms with Crippen LogP contribution in [0, 0.1) is 11.6 Å². The first-order valence-electron chi connectivity index (χ1n) is 11.2. The molecule has 5 rings (SSSR count). The Morgan fingerprint density at radius 3 is 2.54 bits per heavy atom. The largest absolute Gasteiger partial charge is 0.394 e. The molecule has 0 aliphatic carbocycles. The summed E-state index contributed by atoms with van der Waals surface area (Å²) in [6.07, 6.45) is -1.91. The minimum Gasteiger partial charge on any atom is -0.394 e. The summed E-state index contributed by atoms with van der Waals surface area (Å²) in [5.41, 5.74) is -0.634. The predicted molar refractivity (Wildman–Crippen MR) is 136 cm³/mol. The van der Waals surface area contributed by atoms with Gasteiger partial charge in [0, 0.05) is 10.5 Å². The van der Waals surface area contributed by atoms with E-state index in [-0.39, 0.29) is 17.9 Å². The van der Waals surface area contributed by atoms with Crippen molar-refractivity contribution in [2.75, 3.05) is 6.61 Å². The van der Waals surface area contributed by atoms with E-state index >= 15 is 0 Å². The molecule has 2 aromatic carbocycles. The molecule has 11 nitrogen and oxygen atoms in total. The van der Waals surface area contributed by atoms with Crippen LogP contribution in [-0.2, 0) is 16.1 Å². The number of ether oxygens (including phenoxy) is 2. The normalized spacial score (nSPS) is 23.3. The van der Waals surface area contributed by atoms with Crippen LogP contribution in [0.5, 0.6) is 0 Å². The van der Waals surface area contributed by atoms with E-state index < -0.39 is 53.1 Å². The average molecular weight is 621 g/mol. The number of aromatic nitrogens is 7. The fourth-order valence-electron chi connectivity index (χ4n) is 3.99. The van der Waals surface area contributed by atoms with E-state index in [1.807, 2.05) is 0 Å². The van der Waals surface area contributed by atoms with E-state index in [2.05, 4.69) is 30.9 Å². The highest BCUT2D eigenvalue weighted by molar-refractivity contribution is 7.99. The number of aromatic amines is 1. The number of hydrogen-bond acceptors (Lipinski definition) is 10. The Labute approximate surface area is 238 Å². The van der Waals surface area contributed by atoms with Gasteiger partial charge in [0.05, 0.1) is 22.8 Å². The SMILES string of the molecule is OCC1O[C@H](Sc2ccc(Cl)c(Cl)c2)C(OCc2nnn[nH]2)C(n2cc(-c3cc(F)c(Cl)c(F)c3)nn2)[C@H]1O. The highest BCUT2D eigenvalue weighted by atomic mass is 35.5. The number of benzene rings is 2. The van der Waals surface area contributed by atoms with E-state index in [1.165, 1.54) is 22.6 Å². The van der Waals surface area contributed by atoms with Crippen LogP contribution >= 0.6 is 46.6 Å². The molecule has 4 aromatic rings. The number of halogens is 5. The van der Waals surface area contributed by atoms with E-state index in [1.54, 1.807) is 18.2 Å². The smallest absolute Gasteiger partial charge is 0.174 e. The van der Waals surface area contributed by atoms with Gasteiger partial charge in [-0.05, 0) is 40.8 Å². The zero-order valence-electron chi connectivity index (χ0n) is 19.5. The summed E-state index contributed by atoms with van der Waals surface area (Å²) in [5, 5.41) is 42.8. The van der Waals surface area contributed by atoms with Gasteiger partial charge in [0.2, 0.25) is 0 Å². The Kier molecular flexibility index (Phi) is 8.63. The second kappa shape index (κ2) is 12.0. The molecule has 17 heteroatoms. The molecule has 0 saturated carbocycles. The Morgan fingerprint density at radius 2 is 1.87 bits per heavy atom. The fraction of sp³-hybridized carbons (Fsp3) is 0.318. The van der Waals surface area contributed by atoms with Crippen LogP contribution in [0.1, 0.15) is 11.9 Å². The topological polar surface area (TPSA) is 144 Å². The quantitative estimate of drug-likeness (QED) is 0.250. The minimum absolute atomic E-state index is 0.0767. The standard InChI is InChI=1S/C22H18Cl3F2N7O4S/c23-11-2-1-10(5-12(11)24)39-22-21(37-8-17-29-31-32-30-17)19(20(36)16(7-35)38-22)34-6-15(28-33-34)9-3-13(26)18(25)14(27)4-9/h1-6,16,19-22,35-36H,7-8H2,(H,29,30,31,32)/t16?,19?,20-,21?,22+/m0/s1. The van der Waals surface area contributed by atoms with Crippen LogP contribution in [0.2, 0.25) is 15.1 Å². The van der Waals surface area contributed by atoms with Crippen molar-refractivity contribution in [2.24, 2.45) is 0 Å². The van der Waals surface area contributed by atoms with Gasteiger partial charge in [0.1, 0.15) is 58.7 Å². The fourth-order valence-corrected chi connectivity index (χ4v) is 5.64. The lowest BCUT2D eigenvalue weighted by Crippen LogP contribution is -2.55. The molecule has 3 unspecified atom stereocenters. The molecule has 3 heterocycles. The maximum atomic E-state index is 14.1. The number of tetrazole rings is 1. The number of nitrogens with one attached hydrogen (secondary N) is 1. The molecular formula is C22H18Cl3F2N7O4S. The third-order valence-corrected chi connectivity index (χ3v) is 8.10. The van der Waals surface area contributed by atoms with Gasteiger partial charge in [0.25, 0.3) is 0 Å². The maximum absolute atomic E-state index is 14.1. The third-order valence-electron chi connectivity index (χ3n) is 5.86. The van der Waals surface area contributed by atoms with Crippen molar-refractivity contribution in [3.8, 4) is 11.3 Å². The van der Waals surface area contributed by atoms with Crippen molar-refractivity contribution >= 4 is 46.6 Å². The predicted octanol–water partition coefficient (Wildman–Crippen LogP) is 3.69. The first kappa shape index (κ1) is 28.1. The first-order valence-corrected chi connectivity index (χ1v) is 13.2. The molecule has 1 fully saturated rings. The van der Waals surface area contributed by atoms with E-state index in [0.29, 0.717) is 20.8 Å². The first-order chi connectivity index (χ1) is 18.7. The summed E-state index contributed by atoms with van der Waals surface area (Å²) < 4.78 is 41.6. The molecule has 3 N–H and O–H groups in total. The molecule has 206 valence electrons. The number of aliphatic hydroxyl groups is 2. The molecule has 5 atom stereocenters. The summed E-state index contributed by atoms with van der Waals surface area (Å²) in [5.74, 6) is -1.63. The van der Waals surface area contributed by atoms with Crippen LogP contribution in [0.25, 0.3) is 11.3 Å². The van der Waals surface area contributed by atoms with Gasteiger partial charge in [-0.1, -0.05) is 51.8 Å². The van der Waals surface area contributed by atoms with Gasteiger partial charge < -0.3 is 19.7 Å². The number of hydrogen-bond donors (Lipinski definition) is 3. The summed E-state index contributed by atoms with van der Waals surface area (Å²) in [7, 11) is 0. The zero-order chi connectivity index (χ0) is 27.7. The molecular weight excluding hydrogens is 603 g/mol. The summed E-state index contributed by atoms with van der Waals surface area (Å²) in [6, 6.07) is 6.05. The highest BCUT2D eigenvalue weighted by Gasteiger charge is 2.48. The molecule has 1 aliphatic rings. The van der Waals surface area contributed by atoms with Crippen molar-refractivity contribution in [3.63, 3.8) is 0 Å². The molecule has 0 spiro atoms. The van der Waals surface area contributed by atoms with E-state index in [4.69, 9.17) is 44.3 Å². The van der Waals surface area contributed by atoms with Gasteiger partial charge in [-0.25, -0.2) is 18.6 Å². The van der Waals surface area contributed by atoms with Crippen LogP contribution in [0.3, 0.4) is 0 Å². The number of H-pyrrole nitrogens is 1. The Morgan fingerprint density at radius 1 is 1.10 bits per heavy atom.